The number of hydrogen-bond acceptors (Lipinski definition) is 2. The summed E-state index contributed by atoms with van der Waals surface area (Å²) in [5, 5.41) is 7.91. The van der Waals surface area contributed by atoms with Crippen molar-refractivity contribution in [2.24, 2.45) is 5.92 Å². The predicted octanol–water partition coefficient (Wildman–Crippen LogP) is 4.89. The van der Waals surface area contributed by atoms with Gasteiger partial charge in [0.15, 0.2) is 0 Å². The number of allylic oxidation sites excluding steroid dienone is 1. The third-order valence-corrected chi connectivity index (χ3v) is 6.29. The van der Waals surface area contributed by atoms with Crippen LogP contribution in [0.4, 0.5) is 0 Å². The first-order valence-corrected chi connectivity index (χ1v) is 9.68. The Balaban J connectivity index is 1.59. The molecule has 1 fully saturated rings. The van der Waals surface area contributed by atoms with Crippen LogP contribution < -0.4 is 0 Å². The molecule has 0 amide bonds. The molecule has 2 heterocycles. The number of nitrogens with zero attached hydrogens (tertiary/aromatic N) is 2. The molecule has 26 heavy (non-hydrogen) atoms. The van der Waals surface area contributed by atoms with E-state index in [0.717, 1.165) is 17.8 Å². The van der Waals surface area contributed by atoms with Crippen LogP contribution in [0.25, 0.3) is 17.5 Å². The number of aromatic amines is 2. The number of benzene rings is 1. The van der Waals surface area contributed by atoms with E-state index in [4.69, 9.17) is 0 Å². The number of aromatic nitrogens is 4. The van der Waals surface area contributed by atoms with Crippen LogP contribution in [-0.4, -0.2) is 20.2 Å². The molecule has 4 heteroatoms. The first-order valence-electron chi connectivity index (χ1n) is 9.68. The van der Waals surface area contributed by atoms with Crippen molar-refractivity contribution in [2.45, 2.75) is 43.9 Å². The first-order chi connectivity index (χ1) is 12.9. The van der Waals surface area contributed by atoms with Gasteiger partial charge in [0.1, 0.15) is 11.4 Å². The number of H-pyrrole nitrogens is 2. The largest absolute Gasteiger partial charge is 0.351 e. The molecule has 0 aliphatic heterocycles. The second-order valence-corrected chi connectivity index (χ2v) is 7.67. The molecular formula is C22H24N4. The van der Waals surface area contributed by atoms with E-state index < -0.39 is 0 Å². The van der Waals surface area contributed by atoms with Crippen LogP contribution >= 0.6 is 0 Å². The van der Waals surface area contributed by atoms with Crippen molar-refractivity contribution in [3.63, 3.8) is 0 Å². The van der Waals surface area contributed by atoms with E-state index in [1.165, 1.54) is 48.9 Å². The molecule has 1 aromatic carbocycles. The van der Waals surface area contributed by atoms with Crippen molar-refractivity contribution in [2.75, 3.05) is 0 Å². The molecule has 3 aromatic rings. The van der Waals surface area contributed by atoms with Gasteiger partial charge in [0.2, 0.25) is 0 Å². The third-order valence-electron chi connectivity index (χ3n) is 6.29. The predicted molar refractivity (Wildman–Crippen MR) is 104 cm³/mol. The van der Waals surface area contributed by atoms with Crippen molar-refractivity contribution in [3.8, 4) is 11.4 Å². The molecule has 1 atom stereocenters. The van der Waals surface area contributed by atoms with Gasteiger partial charge in [-0.25, -0.2) is 4.98 Å². The molecule has 0 radical (unpaired) electrons. The maximum absolute atomic E-state index is 4.59. The lowest BCUT2D eigenvalue weighted by atomic mass is 9.61. The normalized spacial score (nSPS) is 23.1. The van der Waals surface area contributed by atoms with Gasteiger partial charge in [-0.3, -0.25) is 5.10 Å². The molecule has 0 bridgehead atoms. The molecule has 0 spiro atoms. The summed E-state index contributed by atoms with van der Waals surface area (Å²) in [7, 11) is 0. The summed E-state index contributed by atoms with van der Waals surface area (Å²) >= 11 is 0. The maximum atomic E-state index is 4.59. The van der Waals surface area contributed by atoms with Gasteiger partial charge in [0.05, 0.1) is 6.33 Å². The Bertz CT molecular complexity index is 901. The van der Waals surface area contributed by atoms with Crippen molar-refractivity contribution < 1.29 is 0 Å². The van der Waals surface area contributed by atoms with Crippen LogP contribution in [0.1, 0.15) is 48.9 Å². The Morgan fingerprint density at radius 1 is 1.04 bits per heavy atom. The van der Waals surface area contributed by atoms with Crippen LogP contribution in [0.5, 0.6) is 0 Å². The Kier molecular flexibility index (Phi) is 3.77. The second-order valence-electron chi connectivity index (χ2n) is 7.67. The molecule has 4 nitrogen and oxygen atoms in total. The zero-order chi connectivity index (χ0) is 17.4. The van der Waals surface area contributed by atoms with Gasteiger partial charge in [-0.15, -0.1) is 0 Å². The highest BCUT2D eigenvalue weighted by Gasteiger charge is 2.41. The molecule has 132 valence electrons. The van der Waals surface area contributed by atoms with Crippen LogP contribution in [0.2, 0.25) is 0 Å². The molecule has 1 unspecified atom stereocenters. The van der Waals surface area contributed by atoms with Crippen LogP contribution in [0.3, 0.4) is 0 Å². The highest BCUT2D eigenvalue weighted by atomic mass is 15.1. The number of imidazole rings is 1. The van der Waals surface area contributed by atoms with E-state index in [1.54, 1.807) is 6.33 Å². The highest BCUT2D eigenvalue weighted by Crippen LogP contribution is 2.47. The Hall–Kier alpha value is -2.62. The highest BCUT2D eigenvalue weighted by molar-refractivity contribution is 5.73. The minimum atomic E-state index is 0.0735. The van der Waals surface area contributed by atoms with E-state index in [-0.39, 0.29) is 5.41 Å². The topological polar surface area (TPSA) is 57.4 Å². The van der Waals surface area contributed by atoms with Crippen LogP contribution in [0, 0.1) is 5.92 Å². The molecule has 2 N–H and O–H groups in total. The minimum Gasteiger partial charge on any atom is -0.351 e. The monoisotopic (exact) mass is 344 g/mol. The van der Waals surface area contributed by atoms with Crippen LogP contribution in [0.15, 0.2) is 48.9 Å². The Labute approximate surface area is 153 Å². The van der Waals surface area contributed by atoms with E-state index in [0.29, 0.717) is 5.92 Å². The lowest BCUT2D eigenvalue weighted by Gasteiger charge is -2.43. The second kappa shape index (κ2) is 6.27. The van der Waals surface area contributed by atoms with Crippen LogP contribution in [-0.2, 0) is 11.8 Å². The summed E-state index contributed by atoms with van der Waals surface area (Å²) in [6.45, 7) is 0. The number of fused-ring (bicyclic) bond motifs is 1. The Morgan fingerprint density at radius 2 is 1.88 bits per heavy atom. The lowest BCUT2D eigenvalue weighted by Crippen LogP contribution is -2.38. The summed E-state index contributed by atoms with van der Waals surface area (Å²) in [6, 6.07) is 11.1. The zero-order valence-electron chi connectivity index (χ0n) is 14.9. The van der Waals surface area contributed by atoms with Crippen molar-refractivity contribution in [1.82, 2.24) is 20.2 Å². The summed E-state index contributed by atoms with van der Waals surface area (Å²) in [6.07, 6.45) is 16.1. The van der Waals surface area contributed by atoms with Gasteiger partial charge in [0.25, 0.3) is 0 Å². The van der Waals surface area contributed by atoms with Crippen molar-refractivity contribution in [1.29, 1.82) is 0 Å². The number of hydrogen-bond donors (Lipinski definition) is 2. The molecule has 1 saturated carbocycles. The summed E-state index contributed by atoms with van der Waals surface area (Å²) in [4.78, 5) is 7.41. The van der Waals surface area contributed by atoms with Crippen molar-refractivity contribution in [3.05, 3.63) is 65.8 Å². The quantitative estimate of drug-likeness (QED) is 0.711. The average Bonchev–Trinajstić information content (AvgIpc) is 3.38. The van der Waals surface area contributed by atoms with Gasteiger partial charge in [-0.2, -0.15) is 5.10 Å². The molecule has 2 aromatic heterocycles. The smallest absolute Gasteiger partial charge is 0.119 e. The Morgan fingerprint density at radius 3 is 2.65 bits per heavy atom. The van der Waals surface area contributed by atoms with Gasteiger partial charge < -0.3 is 4.98 Å². The summed E-state index contributed by atoms with van der Waals surface area (Å²) in [5.41, 5.74) is 5.79. The maximum Gasteiger partial charge on any atom is 0.119 e. The fourth-order valence-electron chi connectivity index (χ4n) is 4.95. The van der Waals surface area contributed by atoms with Gasteiger partial charge >= 0.3 is 0 Å². The summed E-state index contributed by atoms with van der Waals surface area (Å²) in [5.74, 6) is 0.695. The SMILES string of the molecule is C1=CC(c2ccccc2)(C2CCCCC2)Cc2[nH]nc(-c3c[nH]cn3)c21. The van der Waals surface area contributed by atoms with E-state index in [1.807, 2.05) is 6.20 Å². The minimum absolute atomic E-state index is 0.0735. The van der Waals surface area contributed by atoms with Gasteiger partial charge in [0, 0.05) is 29.3 Å². The molecule has 0 saturated heterocycles. The fourth-order valence-corrected chi connectivity index (χ4v) is 4.95. The van der Waals surface area contributed by atoms with E-state index in [9.17, 15) is 0 Å². The average molecular weight is 344 g/mol. The van der Waals surface area contributed by atoms with Gasteiger partial charge in [-0.05, 0) is 24.3 Å². The molecule has 2 aliphatic rings. The van der Waals surface area contributed by atoms with E-state index >= 15 is 0 Å². The molecular weight excluding hydrogens is 320 g/mol. The number of nitrogens with one attached hydrogen (secondary N) is 2. The molecule has 2 aliphatic carbocycles. The zero-order valence-corrected chi connectivity index (χ0v) is 14.9. The first kappa shape index (κ1) is 15.6. The fraction of sp³-hybridized carbons (Fsp3) is 0.364. The number of rotatable bonds is 3. The standard InChI is InChI=1S/C22H24N4/c1-3-7-16(8-4-1)22(17-9-5-2-6-10-17)12-11-18-19(13-22)25-26-21(18)20-14-23-15-24-20/h1,3-4,7-8,11-12,14-15,17H,2,5-6,9-10,13H2,(H,23,24)(H,25,26). The summed E-state index contributed by atoms with van der Waals surface area (Å²) < 4.78 is 0. The van der Waals surface area contributed by atoms with E-state index in [2.05, 4.69) is 62.6 Å². The lowest BCUT2D eigenvalue weighted by molar-refractivity contribution is 0.241. The molecule has 5 rings (SSSR count). The third kappa shape index (κ3) is 2.44. The van der Waals surface area contributed by atoms with Crippen molar-refractivity contribution >= 4 is 6.08 Å². The van der Waals surface area contributed by atoms with Gasteiger partial charge in [-0.1, -0.05) is 61.7 Å².